The van der Waals surface area contributed by atoms with E-state index in [4.69, 9.17) is 4.74 Å². The molecule has 0 atom stereocenters. The predicted molar refractivity (Wildman–Crippen MR) is 119 cm³/mol. The summed E-state index contributed by atoms with van der Waals surface area (Å²) in [4.78, 5) is 22.3. The maximum atomic E-state index is 14.5. The van der Waals surface area contributed by atoms with Gasteiger partial charge in [0.2, 0.25) is 0 Å². The van der Waals surface area contributed by atoms with Crippen molar-refractivity contribution in [3.05, 3.63) is 42.2 Å². The minimum absolute atomic E-state index is 0.0736. The van der Waals surface area contributed by atoms with Crippen LogP contribution in [0.4, 0.5) is 20.7 Å². The SMILES string of the molecule is CC(C)OC(=O)N1CCC(c2cnc3c(Nc4ccc(S(C)(=O)=O)cc4F)ncnn23)CC1. The van der Waals surface area contributed by atoms with Gasteiger partial charge in [-0.05, 0) is 44.9 Å². The number of piperidine rings is 1. The number of benzene rings is 1. The molecule has 33 heavy (non-hydrogen) atoms. The molecule has 3 aromatic rings. The molecule has 1 aromatic carbocycles. The van der Waals surface area contributed by atoms with E-state index in [-0.39, 0.29) is 28.7 Å². The second kappa shape index (κ2) is 8.93. The van der Waals surface area contributed by atoms with Crippen molar-refractivity contribution in [2.45, 2.75) is 43.6 Å². The van der Waals surface area contributed by atoms with Crippen molar-refractivity contribution in [3.8, 4) is 0 Å². The number of ether oxygens (including phenoxy) is 1. The molecule has 1 aliphatic heterocycles. The minimum atomic E-state index is -3.52. The molecule has 0 bridgehead atoms. The van der Waals surface area contributed by atoms with E-state index in [2.05, 4.69) is 20.4 Å². The summed E-state index contributed by atoms with van der Waals surface area (Å²) >= 11 is 0. The Kier molecular flexibility index (Phi) is 6.19. The Balaban J connectivity index is 1.53. The summed E-state index contributed by atoms with van der Waals surface area (Å²) in [7, 11) is -3.52. The lowest BCUT2D eigenvalue weighted by molar-refractivity contribution is 0.0689. The molecule has 1 fully saturated rings. The maximum Gasteiger partial charge on any atom is 0.410 e. The van der Waals surface area contributed by atoms with E-state index in [9.17, 15) is 17.6 Å². The number of halogens is 1. The first-order valence-corrected chi connectivity index (χ1v) is 12.4. The van der Waals surface area contributed by atoms with Crippen LogP contribution in [0.3, 0.4) is 0 Å². The van der Waals surface area contributed by atoms with Gasteiger partial charge in [0.1, 0.15) is 12.1 Å². The van der Waals surface area contributed by atoms with Gasteiger partial charge in [0.15, 0.2) is 21.3 Å². The maximum absolute atomic E-state index is 14.5. The van der Waals surface area contributed by atoms with Gasteiger partial charge in [0.05, 0.1) is 28.6 Å². The summed E-state index contributed by atoms with van der Waals surface area (Å²) in [6, 6.07) is 3.64. The Hall–Kier alpha value is -3.28. The monoisotopic (exact) mass is 476 g/mol. The number of imidazole rings is 1. The molecule has 0 saturated carbocycles. The smallest absolute Gasteiger partial charge is 0.410 e. The fourth-order valence-corrected chi connectivity index (χ4v) is 4.42. The first kappa shape index (κ1) is 22.9. The Morgan fingerprint density at radius 3 is 2.61 bits per heavy atom. The molecule has 176 valence electrons. The first-order valence-electron chi connectivity index (χ1n) is 10.5. The van der Waals surface area contributed by atoms with Gasteiger partial charge >= 0.3 is 6.09 Å². The molecule has 1 aliphatic rings. The summed E-state index contributed by atoms with van der Waals surface area (Å²) in [6.07, 6.45) is 5.07. The van der Waals surface area contributed by atoms with Crippen LogP contribution in [0.25, 0.3) is 5.65 Å². The number of carbonyl (C=O) groups excluding carboxylic acids is 1. The van der Waals surface area contributed by atoms with Crippen LogP contribution < -0.4 is 5.32 Å². The number of fused-ring (bicyclic) bond motifs is 1. The first-order chi connectivity index (χ1) is 15.6. The van der Waals surface area contributed by atoms with Crippen LogP contribution >= 0.6 is 0 Å². The average molecular weight is 477 g/mol. The molecule has 0 spiro atoms. The molecule has 4 rings (SSSR count). The van der Waals surface area contributed by atoms with Gasteiger partial charge in [-0.2, -0.15) is 5.10 Å². The third kappa shape index (κ3) is 4.90. The fraction of sp³-hybridized carbons (Fsp3) is 0.429. The quantitative estimate of drug-likeness (QED) is 0.597. The minimum Gasteiger partial charge on any atom is -0.447 e. The van der Waals surface area contributed by atoms with Crippen LogP contribution in [0.2, 0.25) is 0 Å². The third-order valence-electron chi connectivity index (χ3n) is 5.46. The molecular weight excluding hydrogens is 451 g/mol. The van der Waals surface area contributed by atoms with Crippen molar-refractivity contribution in [1.82, 2.24) is 24.5 Å². The number of sulfone groups is 1. The molecule has 0 aliphatic carbocycles. The van der Waals surface area contributed by atoms with E-state index in [1.165, 1.54) is 18.5 Å². The van der Waals surface area contributed by atoms with Gasteiger partial charge < -0.3 is 15.0 Å². The highest BCUT2D eigenvalue weighted by molar-refractivity contribution is 7.90. The predicted octanol–water partition coefficient (Wildman–Crippen LogP) is 3.13. The summed E-state index contributed by atoms with van der Waals surface area (Å²) in [5.74, 6) is -0.293. The lowest BCUT2D eigenvalue weighted by Crippen LogP contribution is -2.39. The van der Waals surface area contributed by atoms with E-state index in [1.807, 2.05) is 13.8 Å². The Labute approximate surface area is 190 Å². The summed E-state index contributed by atoms with van der Waals surface area (Å²) in [5.41, 5.74) is 1.37. The van der Waals surface area contributed by atoms with Gasteiger partial charge in [-0.25, -0.2) is 32.1 Å². The molecule has 1 saturated heterocycles. The van der Waals surface area contributed by atoms with E-state index in [1.54, 1.807) is 15.6 Å². The number of amides is 1. The van der Waals surface area contributed by atoms with Crippen LogP contribution in [0, 0.1) is 5.82 Å². The van der Waals surface area contributed by atoms with Gasteiger partial charge in [-0.1, -0.05) is 0 Å². The van der Waals surface area contributed by atoms with E-state index in [0.29, 0.717) is 24.6 Å². The molecule has 0 radical (unpaired) electrons. The topological polar surface area (TPSA) is 119 Å². The average Bonchev–Trinajstić information content (AvgIpc) is 3.19. The third-order valence-corrected chi connectivity index (χ3v) is 6.57. The number of aromatic nitrogens is 4. The van der Waals surface area contributed by atoms with Crippen LogP contribution in [-0.2, 0) is 14.6 Å². The molecule has 12 heteroatoms. The zero-order valence-electron chi connectivity index (χ0n) is 18.5. The van der Waals surface area contributed by atoms with E-state index < -0.39 is 15.7 Å². The molecule has 0 unspecified atom stereocenters. The van der Waals surface area contributed by atoms with Gasteiger partial charge in [0, 0.05) is 25.3 Å². The van der Waals surface area contributed by atoms with Crippen LogP contribution in [0.1, 0.15) is 38.3 Å². The molecule has 3 heterocycles. The van der Waals surface area contributed by atoms with Gasteiger partial charge in [-0.3, -0.25) is 0 Å². The van der Waals surface area contributed by atoms with Gasteiger partial charge in [0.25, 0.3) is 0 Å². The molecule has 1 amide bonds. The normalized spacial score (nSPS) is 15.2. The Morgan fingerprint density at radius 1 is 1.24 bits per heavy atom. The highest BCUT2D eigenvalue weighted by Gasteiger charge is 2.28. The number of nitrogens with one attached hydrogen (secondary N) is 1. The van der Waals surface area contributed by atoms with Crippen LogP contribution in [0.15, 0.2) is 35.6 Å². The van der Waals surface area contributed by atoms with Gasteiger partial charge in [-0.15, -0.1) is 0 Å². The Bertz CT molecular complexity index is 1290. The molecule has 10 nitrogen and oxygen atoms in total. The van der Waals surface area contributed by atoms with Crippen LogP contribution in [0.5, 0.6) is 0 Å². The summed E-state index contributed by atoms with van der Waals surface area (Å²) in [5, 5.41) is 7.18. The number of hydrogen-bond donors (Lipinski definition) is 1. The Morgan fingerprint density at radius 2 is 1.97 bits per heavy atom. The van der Waals surface area contributed by atoms with E-state index in [0.717, 1.165) is 30.9 Å². The largest absolute Gasteiger partial charge is 0.447 e. The lowest BCUT2D eigenvalue weighted by Gasteiger charge is -2.31. The van der Waals surface area contributed by atoms with E-state index >= 15 is 0 Å². The second-order valence-electron chi connectivity index (χ2n) is 8.26. The summed E-state index contributed by atoms with van der Waals surface area (Å²) < 4.78 is 44.7. The van der Waals surface area contributed by atoms with Crippen molar-refractivity contribution in [3.63, 3.8) is 0 Å². The highest BCUT2D eigenvalue weighted by Crippen LogP contribution is 2.30. The van der Waals surface area contributed by atoms with Crippen molar-refractivity contribution in [1.29, 1.82) is 0 Å². The highest BCUT2D eigenvalue weighted by atomic mass is 32.2. The fourth-order valence-electron chi connectivity index (χ4n) is 3.79. The number of anilines is 2. The zero-order valence-corrected chi connectivity index (χ0v) is 19.3. The van der Waals surface area contributed by atoms with Crippen molar-refractivity contribution in [2.75, 3.05) is 24.7 Å². The number of nitrogens with zero attached hydrogens (tertiary/aromatic N) is 5. The summed E-state index contributed by atoms with van der Waals surface area (Å²) in [6.45, 7) is 4.77. The molecule has 2 aromatic heterocycles. The van der Waals surface area contributed by atoms with Crippen LogP contribution in [-0.4, -0.2) is 64.4 Å². The number of rotatable bonds is 5. The van der Waals surface area contributed by atoms with Crippen molar-refractivity contribution in [2.24, 2.45) is 0 Å². The number of hydrogen-bond acceptors (Lipinski definition) is 8. The lowest BCUT2D eigenvalue weighted by atomic mass is 9.94. The second-order valence-corrected chi connectivity index (χ2v) is 10.3. The van der Waals surface area contributed by atoms with Crippen molar-refractivity contribution >= 4 is 33.1 Å². The molecule has 1 N–H and O–H groups in total. The number of carbonyl (C=O) groups is 1. The zero-order chi connectivity index (χ0) is 23.8. The number of likely N-dealkylation sites (tertiary alicyclic amines) is 1. The van der Waals surface area contributed by atoms with Crippen molar-refractivity contribution < 1.29 is 22.3 Å². The molecular formula is C21H25FN6O4S. The standard InChI is InChI=1S/C21H25FN6O4S/c1-13(2)32-21(29)27-8-6-14(7-9-27)18-11-23-20-19(24-12-25-28(18)20)26-17-5-4-15(10-16(17)22)33(3,30)31/h4-5,10-14H,6-9H2,1-3H3,(H,24,25,26).